The molecule has 5 heteroatoms. The molecule has 0 saturated heterocycles. The lowest BCUT2D eigenvalue weighted by Gasteiger charge is -2.02. The summed E-state index contributed by atoms with van der Waals surface area (Å²) in [5, 5.41) is 2.66. The summed E-state index contributed by atoms with van der Waals surface area (Å²) in [5.74, 6) is 0.0979. The number of hydrogen-bond donors (Lipinski definition) is 2. The van der Waals surface area contributed by atoms with Crippen molar-refractivity contribution in [2.24, 2.45) is 0 Å². The number of nitrogens with one attached hydrogen (secondary N) is 2. The fourth-order valence-electron chi connectivity index (χ4n) is 1.75. The maximum atomic E-state index is 11.7. The van der Waals surface area contributed by atoms with E-state index in [4.69, 9.17) is 11.6 Å². The Morgan fingerprint density at radius 3 is 2.44 bits per heavy atom. The number of aryl methyl sites for hydroxylation is 1. The highest BCUT2D eigenvalue weighted by Gasteiger charge is 2.19. The van der Waals surface area contributed by atoms with E-state index in [9.17, 15) is 9.59 Å². The summed E-state index contributed by atoms with van der Waals surface area (Å²) >= 11 is 5.48. The number of Topliss-reactive ketones (excluding diaryl/α,β-unsaturated/α-hetero) is 1. The van der Waals surface area contributed by atoms with E-state index < -0.39 is 0 Å². The van der Waals surface area contributed by atoms with Crippen LogP contribution < -0.4 is 5.32 Å². The average Bonchev–Trinajstić information content (AvgIpc) is 2.50. The number of rotatable bonds is 4. The maximum Gasteiger partial charge on any atom is 0.268 e. The average molecular weight is 243 g/mol. The van der Waals surface area contributed by atoms with Crippen LogP contribution in [0.2, 0.25) is 0 Å². The highest BCUT2D eigenvalue weighted by molar-refractivity contribution is 6.18. The van der Waals surface area contributed by atoms with Crippen molar-refractivity contribution in [3.8, 4) is 0 Å². The third-order valence-corrected chi connectivity index (χ3v) is 2.59. The van der Waals surface area contributed by atoms with E-state index in [1.54, 1.807) is 13.8 Å². The molecule has 1 aromatic rings. The van der Waals surface area contributed by atoms with Crippen molar-refractivity contribution in [3.05, 3.63) is 22.5 Å². The molecule has 0 aliphatic rings. The molecular formula is C11H15ClN2O2. The first-order chi connectivity index (χ1) is 7.49. The molecule has 16 heavy (non-hydrogen) atoms. The number of aromatic amines is 1. The molecule has 0 spiro atoms. The standard InChI is InChI=1S/C11H15ClN2O2/c1-6-9(8(3)15)7(2)14-10(6)11(16)13-5-4-12/h14H,4-5H2,1-3H3,(H,13,16). The van der Waals surface area contributed by atoms with Gasteiger partial charge in [0.1, 0.15) is 5.69 Å². The van der Waals surface area contributed by atoms with Gasteiger partial charge < -0.3 is 10.3 Å². The van der Waals surface area contributed by atoms with Crippen LogP contribution in [0, 0.1) is 13.8 Å². The van der Waals surface area contributed by atoms with Crippen LogP contribution in [0.4, 0.5) is 0 Å². The van der Waals surface area contributed by atoms with Crippen LogP contribution in [0.15, 0.2) is 0 Å². The van der Waals surface area contributed by atoms with Crippen LogP contribution in [0.3, 0.4) is 0 Å². The number of halogens is 1. The van der Waals surface area contributed by atoms with Crippen molar-refractivity contribution >= 4 is 23.3 Å². The number of ketones is 1. The molecule has 0 fully saturated rings. The Hall–Kier alpha value is -1.29. The number of H-pyrrole nitrogens is 1. The van der Waals surface area contributed by atoms with Gasteiger partial charge in [0.05, 0.1) is 0 Å². The summed E-state index contributed by atoms with van der Waals surface area (Å²) in [5.41, 5.74) is 2.45. The first-order valence-electron chi connectivity index (χ1n) is 5.03. The van der Waals surface area contributed by atoms with Crippen LogP contribution in [0.1, 0.15) is 39.0 Å². The van der Waals surface area contributed by atoms with Gasteiger partial charge in [0.15, 0.2) is 5.78 Å². The Kier molecular flexibility index (Phi) is 4.12. The topological polar surface area (TPSA) is 62.0 Å². The van der Waals surface area contributed by atoms with E-state index in [1.807, 2.05) is 0 Å². The summed E-state index contributed by atoms with van der Waals surface area (Å²) in [7, 11) is 0. The number of alkyl halides is 1. The molecule has 0 radical (unpaired) electrons. The lowest BCUT2D eigenvalue weighted by atomic mass is 10.1. The molecule has 0 atom stereocenters. The van der Waals surface area contributed by atoms with Gasteiger partial charge in [-0.05, 0) is 26.3 Å². The first kappa shape index (κ1) is 12.8. The van der Waals surface area contributed by atoms with Crippen LogP contribution in [-0.2, 0) is 0 Å². The largest absolute Gasteiger partial charge is 0.354 e. The zero-order valence-corrected chi connectivity index (χ0v) is 10.4. The van der Waals surface area contributed by atoms with Crippen LogP contribution in [-0.4, -0.2) is 29.1 Å². The van der Waals surface area contributed by atoms with Gasteiger partial charge in [0.2, 0.25) is 0 Å². The van der Waals surface area contributed by atoms with Gasteiger partial charge in [-0.15, -0.1) is 11.6 Å². The minimum Gasteiger partial charge on any atom is -0.354 e. The molecule has 0 unspecified atom stereocenters. The van der Waals surface area contributed by atoms with Crippen LogP contribution in [0.5, 0.6) is 0 Å². The maximum absolute atomic E-state index is 11.7. The van der Waals surface area contributed by atoms with E-state index in [1.165, 1.54) is 6.92 Å². The minimum absolute atomic E-state index is 0.0392. The highest BCUT2D eigenvalue weighted by atomic mass is 35.5. The molecule has 1 amide bonds. The lowest BCUT2D eigenvalue weighted by Crippen LogP contribution is -2.26. The van der Waals surface area contributed by atoms with Gasteiger partial charge in [-0.1, -0.05) is 0 Å². The van der Waals surface area contributed by atoms with E-state index in [2.05, 4.69) is 10.3 Å². The lowest BCUT2D eigenvalue weighted by molar-refractivity contribution is 0.0950. The second kappa shape index (κ2) is 5.16. The minimum atomic E-state index is -0.228. The Morgan fingerprint density at radius 1 is 1.38 bits per heavy atom. The van der Waals surface area contributed by atoms with Crippen molar-refractivity contribution in [3.63, 3.8) is 0 Å². The Bertz CT molecular complexity index is 424. The molecule has 1 rings (SSSR count). The van der Waals surface area contributed by atoms with Crippen molar-refractivity contribution in [2.45, 2.75) is 20.8 Å². The van der Waals surface area contributed by atoms with E-state index in [-0.39, 0.29) is 11.7 Å². The number of hydrogen-bond acceptors (Lipinski definition) is 2. The second-order valence-corrected chi connectivity index (χ2v) is 4.00. The third kappa shape index (κ3) is 2.44. The summed E-state index contributed by atoms with van der Waals surface area (Å²) in [6.07, 6.45) is 0. The predicted molar refractivity (Wildman–Crippen MR) is 63.3 cm³/mol. The Morgan fingerprint density at radius 2 is 2.00 bits per heavy atom. The van der Waals surface area contributed by atoms with Gasteiger partial charge in [-0.25, -0.2) is 0 Å². The molecule has 1 heterocycles. The smallest absolute Gasteiger partial charge is 0.268 e. The zero-order chi connectivity index (χ0) is 12.3. The first-order valence-corrected chi connectivity index (χ1v) is 5.56. The van der Waals surface area contributed by atoms with Gasteiger partial charge in [-0.3, -0.25) is 9.59 Å². The van der Waals surface area contributed by atoms with Crippen molar-refractivity contribution < 1.29 is 9.59 Å². The molecule has 0 aliphatic carbocycles. The predicted octanol–water partition coefficient (Wildman–Crippen LogP) is 1.80. The van der Waals surface area contributed by atoms with E-state index in [0.717, 1.165) is 5.69 Å². The fraction of sp³-hybridized carbons (Fsp3) is 0.455. The molecule has 1 aromatic heterocycles. The number of carbonyl (C=O) groups excluding carboxylic acids is 2. The molecule has 0 aliphatic heterocycles. The molecule has 0 aromatic carbocycles. The zero-order valence-electron chi connectivity index (χ0n) is 9.61. The van der Waals surface area contributed by atoms with Crippen LogP contribution >= 0.6 is 11.6 Å². The molecule has 88 valence electrons. The molecular weight excluding hydrogens is 228 g/mol. The molecule has 0 saturated carbocycles. The van der Waals surface area contributed by atoms with Gasteiger partial charge in [0.25, 0.3) is 5.91 Å². The third-order valence-electron chi connectivity index (χ3n) is 2.40. The summed E-state index contributed by atoms with van der Waals surface area (Å²) in [6, 6.07) is 0. The summed E-state index contributed by atoms with van der Waals surface area (Å²) < 4.78 is 0. The fourth-order valence-corrected chi connectivity index (χ4v) is 1.85. The van der Waals surface area contributed by atoms with Crippen LogP contribution in [0.25, 0.3) is 0 Å². The number of carbonyl (C=O) groups is 2. The Balaban J connectivity index is 3.03. The van der Waals surface area contributed by atoms with Crippen molar-refractivity contribution in [1.29, 1.82) is 0 Å². The summed E-state index contributed by atoms with van der Waals surface area (Å²) in [6.45, 7) is 5.44. The number of aromatic nitrogens is 1. The monoisotopic (exact) mass is 242 g/mol. The number of amides is 1. The van der Waals surface area contributed by atoms with E-state index in [0.29, 0.717) is 29.2 Å². The SMILES string of the molecule is CC(=O)c1c(C)[nH]c(C(=O)NCCCl)c1C. The Labute approximate surface area is 99.4 Å². The van der Waals surface area contributed by atoms with Gasteiger partial charge in [0, 0.05) is 23.7 Å². The normalized spacial score (nSPS) is 10.2. The summed E-state index contributed by atoms with van der Waals surface area (Å²) in [4.78, 5) is 26.0. The van der Waals surface area contributed by atoms with Crippen molar-refractivity contribution in [2.75, 3.05) is 12.4 Å². The molecule has 4 nitrogen and oxygen atoms in total. The van der Waals surface area contributed by atoms with Gasteiger partial charge in [-0.2, -0.15) is 0 Å². The van der Waals surface area contributed by atoms with Crippen molar-refractivity contribution in [1.82, 2.24) is 10.3 Å². The quantitative estimate of drug-likeness (QED) is 0.625. The molecule has 2 N–H and O–H groups in total. The van der Waals surface area contributed by atoms with Gasteiger partial charge >= 0.3 is 0 Å². The second-order valence-electron chi connectivity index (χ2n) is 3.63. The highest BCUT2D eigenvalue weighted by Crippen LogP contribution is 2.18. The molecule has 0 bridgehead atoms. The van der Waals surface area contributed by atoms with E-state index >= 15 is 0 Å².